The lowest BCUT2D eigenvalue weighted by atomic mass is 10.3. The maximum absolute atomic E-state index is 13.9. The number of nitro groups is 1. The van der Waals surface area contributed by atoms with Gasteiger partial charge < -0.3 is 4.74 Å². The Hall–Kier alpha value is -2.06. The summed E-state index contributed by atoms with van der Waals surface area (Å²) in [7, 11) is 0. The lowest BCUT2D eigenvalue weighted by Gasteiger charge is -2.07. The zero-order valence-corrected chi connectivity index (χ0v) is 12.6. The van der Waals surface area contributed by atoms with Crippen molar-refractivity contribution in [3.8, 4) is 11.5 Å². The average Bonchev–Trinajstić information content (AvgIpc) is 2.84. The van der Waals surface area contributed by atoms with Crippen molar-refractivity contribution >= 4 is 43.2 Å². The predicted molar refractivity (Wildman–Crippen MR) is 80.4 cm³/mol. The van der Waals surface area contributed by atoms with E-state index in [0.29, 0.717) is 5.75 Å². The van der Waals surface area contributed by atoms with Crippen molar-refractivity contribution in [1.82, 2.24) is 4.98 Å². The number of halogens is 2. The van der Waals surface area contributed by atoms with Crippen molar-refractivity contribution in [2.24, 2.45) is 0 Å². The Balaban J connectivity index is 2.01. The molecule has 0 atom stereocenters. The molecule has 0 unspecified atom stereocenters. The zero-order valence-electron chi connectivity index (χ0n) is 10.2. The van der Waals surface area contributed by atoms with E-state index in [1.807, 2.05) is 5.38 Å². The summed E-state index contributed by atoms with van der Waals surface area (Å²) in [6, 6.07) is 4.88. The first-order chi connectivity index (χ1) is 10.1. The average molecular weight is 369 g/mol. The Kier molecular flexibility index (Phi) is 3.56. The predicted octanol–water partition coefficient (Wildman–Crippen LogP) is 4.90. The molecule has 3 aromatic rings. The first-order valence-electron chi connectivity index (χ1n) is 5.70. The van der Waals surface area contributed by atoms with Gasteiger partial charge in [0.1, 0.15) is 5.75 Å². The third-order valence-corrected chi connectivity index (χ3v) is 4.61. The lowest BCUT2D eigenvalue weighted by molar-refractivity contribution is -0.385. The Morgan fingerprint density at radius 1 is 1.33 bits per heavy atom. The Morgan fingerprint density at radius 2 is 2.14 bits per heavy atom. The highest BCUT2D eigenvalue weighted by molar-refractivity contribution is 9.10. The molecular formula is C13H6BrFN2O3S. The van der Waals surface area contributed by atoms with Gasteiger partial charge in [-0.25, -0.2) is 4.39 Å². The second-order valence-electron chi connectivity index (χ2n) is 4.04. The maximum atomic E-state index is 13.9. The van der Waals surface area contributed by atoms with Crippen LogP contribution in [0.5, 0.6) is 11.5 Å². The van der Waals surface area contributed by atoms with Gasteiger partial charge in [-0.2, -0.15) is 0 Å². The Bertz CT molecular complexity index is 853. The largest absolute Gasteiger partial charge is 0.453 e. The summed E-state index contributed by atoms with van der Waals surface area (Å²) in [5, 5.41) is 12.4. The molecule has 0 saturated heterocycles. The highest BCUT2D eigenvalue weighted by atomic mass is 79.9. The minimum absolute atomic E-state index is 0.0716. The van der Waals surface area contributed by atoms with Gasteiger partial charge in [-0.15, -0.1) is 11.3 Å². The Morgan fingerprint density at radius 3 is 2.86 bits per heavy atom. The quantitative estimate of drug-likeness (QED) is 0.487. The van der Waals surface area contributed by atoms with Crippen LogP contribution in [0.3, 0.4) is 0 Å². The highest BCUT2D eigenvalue weighted by Crippen LogP contribution is 2.37. The Labute approximate surface area is 130 Å². The number of nitro benzene ring substituents is 1. The minimum Gasteiger partial charge on any atom is -0.453 e. The summed E-state index contributed by atoms with van der Waals surface area (Å²) >= 11 is 4.78. The first-order valence-corrected chi connectivity index (χ1v) is 7.37. The van der Waals surface area contributed by atoms with Crippen molar-refractivity contribution in [2.45, 2.75) is 0 Å². The van der Waals surface area contributed by atoms with E-state index in [9.17, 15) is 14.5 Å². The topological polar surface area (TPSA) is 65.3 Å². The summed E-state index contributed by atoms with van der Waals surface area (Å²) in [4.78, 5) is 14.1. The third kappa shape index (κ3) is 2.59. The summed E-state index contributed by atoms with van der Waals surface area (Å²) in [6.45, 7) is 0. The molecule has 0 radical (unpaired) electrons. The molecular weight excluding hydrogens is 363 g/mol. The lowest BCUT2D eigenvalue weighted by Crippen LogP contribution is -1.92. The van der Waals surface area contributed by atoms with Crippen molar-refractivity contribution in [3.05, 3.63) is 56.2 Å². The fraction of sp³-hybridized carbons (Fsp3) is 0. The number of hydrogen-bond acceptors (Lipinski definition) is 5. The molecule has 0 aliphatic rings. The molecule has 21 heavy (non-hydrogen) atoms. The van der Waals surface area contributed by atoms with E-state index in [2.05, 4.69) is 20.9 Å². The van der Waals surface area contributed by atoms with Crippen molar-refractivity contribution in [3.63, 3.8) is 0 Å². The monoisotopic (exact) mass is 368 g/mol. The molecule has 0 spiro atoms. The van der Waals surface area contributed by atoms with E-state index < -0.39 is 10.7 Å². The summed E-state index contributed by atoms with van der Waals surface area (Å²) < 4.78 is 21.0. The van der Waals surface area contributed by atoms with E-state index in [4.69, 9.17) is 4.74 Å². The van der Waals surface area contributed by atoms with Gasteiger partial charge in [0.25, 0.3) is 5.69 Å². The van der Waals surface area contributed by atoms with Gasteiger partial charge in [0, 0.05) is 23.7 Å². The van der Waals surface area contributed by atoms with Crippen LogP contribution in [-0.4, -0.2) is 9.91 Å². The van der Waals surface area contributed by atoms with Crippen LogP contribution >= 0.6 is 27.3 Å². The molecule has 5 nitrogen and oxygen atoms in total. The fourth-order valence-electron chi connectivity index (χ4n) is 1.77. The number of aromatic nitrogens is 1. The SMILES string of the molecule is O=[N+]([O-])c1ccc(Oc2ccnc3c(Br)csc23)c(F)c1. The fourth-order valence-corrected chi connectivity index (χ4v) is 3.31. The van der Waals surface area contributed by atoms with Gasteiger partial charge in [-0.3, -0.25) is 15.1 Å². The van der Waals surface area contributed by atoms with Crippen LogP contribution in [-0.2, 0) is 0 Å². The molecule has 106 valence electrons. The van der Waals surface area contributed by atoms with Gasteiger partial charge >= 0.3 is 0 Å². The summed E-state index contributed by atoms with van der Waals surface area (Å²) in [5.74, 6) is -0.411. The molecule has 1 aromatic carbocycles. The number of non-ortho nitro benzene ring substituents is 1. The van der Waals surface area contributed by atoms with E-state index in [-0.39, 0.29) is 11.4 Å². The normalized spacial score (nSPS) is 10.8. The second-order valence-corrected chi connectivity index (χ2v) is 5.78. The minimum atomic E-state index is -0.787. The van der Waals surface area contributed by atoms with Gasteiger partial charge in [0.05, 0.1) is 25.7 Å². The number of benzene rings is 1. The van der Waals surface area contributed by atoms with Crippen LogP contribution in [0.4, 0.5) is 10.1 Å². The summed E-state index contributed by atoms with van der Waals surface area (Å²) in [6.07, 6.45) is 1.55. The standard InChI is InChI=1S/C13H6BrFN2O3S/c14-8-6-21-13-11(3-4-16-12(8)13)20-10-2-1-7(17(18)19)5-9(10)15/h1-6H. The number of pyridine rings is 1. The van der Waals surface area contributed by atoms with Crippen LogP contribution in [0.15, 0.2) is 40.3 Å². The molecule has 3 rings (SSSR count). The highest BCUT2D eigenvalue weighted by Gasteiger charge is 2.14. The maximum Gasteiger partial charge on any atom is 0.272 e. The second kappa shape index (κ2) is 5.38. The molecule has 0 aliphatic carbocycles. The molecule has 2 heterocycles. The number of rotatable bonds is 3. The zero-order chi connectivity index (χ0) is 15.0. The van der Waals surface area contributed by atoms with Gasteiger partial charge in [-0.1, -0.05) is 0 Å². The van der Waals surface area contributed by atoms with Crippen molar-refractivity contribution in [2.75, 3.05) is 0 Å². The molecule has 0 bridgehead atoms. The van der Waals surface area contributed by atoms with Crippen molar-refractivity contribution in [1.29, 1.82) is 0 Å². The molecule has 0 aliphatic heterocycles. The molecule has 0 saturated carbocycles. The van der Waals surface area contributed by atoms with Gasteiger partial charge in [0.2, 0.25) is 0 Å². The smallest absolute Gasteiger partial charge is 0.272 e. The number of hydrogen-bond donors (Lipinski definition) is 0. The number of thiophene rings is 1. The van der Waals surface area contributed by atoms with Gasteiger partial charge in [-0.05, 0) is 22.0 Å². The van der Waals surface area contributed by atoms with Crippen LogP contribution < -0.4 is 4.74 Å². The molecule has 0 N–H and O–H groups in total. The molecule has 0 fully saturated rings. The molecule has 8 heteroatoms. The van der Waals surface area contributed by atoms with E-state index in [0.717, 1.165) is 20.8 Å². The first kappa shape index (κ1) is 13.9. The van der Waals surface area contributed by atoms with Crippen LogP contribution in [0, 0.1) is 15.9 Å². The third-order valence-electron chi connectivity index (χ3n) is 2.72. The van der Waals surface area contributed by atoms with Crippen LogP contribution in [0.2, 0.25) is 0 Å². The van der Waals surface area contributed by atoms with Crippen molar-refractivity contribution < 1.29 is 14.1 Å². The van der Waals surface area contributed by atoms with E-state index >= 15 is 0 Å². The van der Waals surface area contributed by atoms with E-state index in [1.165, 1.54) is 23.5 Å². The molecule has 2 aromatic heterocycles. The van der Waals surface area contributed by atoms with Crippen LogP contribution in [0.1, 0.15) is 0 Å². The van der Waals surface area contributed by atoms with Crippen LogP contribution in [0.25, 0.3) is 10.2 Å². The molecule has 0 amide bonds. The van der Waals surface area contributed by atoms with E-state index in [1.54, 1.807) is 12.3 Å². The number of nitrogens with zero attached hydrogens (tertiary/aromatic N) is 2. The summed E-state index contributed by atoms with van der Waals surface area (Å²) in [5.41, 5.74) is 0.401. The van der Waals surface area contributed by atoms with Gasteiger partial charge in [0.15, 0.2) is 11.6 Å². The number of fused-ring (bicyclic) bond motifs is 1. The number of ether oxygens (including phenoxy) is 1.